The van der Waals surface area contributed by atoms with Crippen LogP contribution in [0.2, 0.25) is 5.02 Å². The maximum absolute atomic E-state index is 12.6. The monoisotopic (exact) mass is 452 g/mol. The summed E-state index contributed by atoms with van der Waals surface area (Å²) in [5.41, 5.74) is 4.11. The number of nitrogens with one attached hydrogen (secondary N) is 2. The second kappa shape index (κ2) is 9.11. The second-order valence-corrected chi connectivity index (χ2v) is 7.45. The zero-order valence-electron chi connectivity index (χ0n) is 17.5. The lowest BCUT2D eigenvalue weighted by atomic mass is 10.2. The lowest BCUT2D eigenvalue weighted by Crippen LogP contribution is -2.29. The Bertz CT molecular complexity index is 1380. The van der Waals surface area contributed by atoms with Crippen LogP contribution in [-0.2, 0) is 13.6 Å². The van der Waals surface area contributed by atoms with Gasteiger partial charge in [0.05, 0.1) is 19.4 Å². The van der Waals surface area contributed by atoms with Gasteiger partial charge in [-0.3, -0.25) is 18.9 Å². The summed E-state index contributed by atoms with van der Waals surface area (Å²) in [6.45, 7) is 2.85. The number of H-pyrrole nitrogens is 1. The summed E-state index contributed by atoms with van der Waals surface area (Å²) in [4.78, 5) is 31.4. The molecule has 2 heterocycles. The third kappa shape index (κ3) is 4.42. The number of anilines is 1. The Morgan fingerprint density at radius 2 is 1.88 bits per heavy atom. The minimum absolute atomic E-state index is 0.256. The molecule has 32 heavy (non-hydrogen) atoms. The molecule has 0 saturated carbocycles. The molecule has 0 fully saturated rings. The van der Waals surface area contributed by atoms with Crippen molar-refractivity contribution in [1.82, 2.24) is 19.1 Å². The van der Waals surface area contributed by atoms with Crippen LogP contribution < -0.4 is 21.4 Å². The van der Waals surface area contributed by atoms with Crippen LogP contribution in [0.25, 0.3) is 11.2 Å². The van der Waals surface area contributed by atoms with Crippen molar-refractivity contribution in [2.75, 3.05) is 12.0 Å². The largest absolute Gasteiger partial charge is 0.494 e. The average Bonchev–Trinajstić information content (AvgIpc) is 3.14. The zero-order chi connectivity index (χ0) is 22.7. The molecule has 4 rings (SSSR count). The quantitative estimate of drug-likeness (QED) is 0.331. The highest BCUT2D eigenvalue weighted by molar-refractivity contribution is 6.30. The molecule has 9 nitrogen and oxygen atoms in total. The second-order valence-electron chi connectivity index (χ2n) is 7.01. The summed E-state index contributed by atoms with van der Waals surface area (Å²) in [5.74, 6) is 1.10. The van der Waals surface area contributed by atoms with Gasteiger partial charge in [-0.25, -0.2) is 10.2 Å². The Morgan fingerprint density at radius 1 is 1.16 bits per heavy atom. The Morgan fingerprint density at radius 3 is 2.56 bits per heavy atom. The van der Waals surface area contributed by atoms with Crippen LogP contribution in [0.1, 0.15) is 18.1 Å². The molecule has 0 aliphatic heterocycles. The minimum atomic E-state index is -0.539. The summed E-state index contributed by atoms with van der Waals surface area (Å²) < 4.78 is 8.40. The molecule has 2 aromatic heterocycles. The van der Waals surface area contributed by atoms with E-state index in [9.17, 15) is 9.59 Å². The standard InChI is InChI=1S/C22H21ClN6O3/c1-3-32-17-10-6-14(7-11-17)12-24-27-21-25-19-18(20(30)26-22(31)28(19)2)29(21)13-15-4-8-16(23)9-5-15/h4-12H,3,13H2,1-2H3,(H,25,27)(H,26,30,31)/b24-12+. The number of halogens is 1. The van der Waals surface area contributed by atoms with E-state index in [1.54, 1.807) is 30.0 Å². The Kier molecular flexibility index (Phi) is 6.09. The molecule has 2 N–H and O–H groups in total. The fourth-order valence-electron chi connectivity index (χ4n) is 3.23. The third-order valence-corrected chi connectivity index (χ3v) is 5.08. The molecule has 0 amide bonds. The van der Waals surface area contributed by atoms with E-state index >= 15 is 0 Å². The van der Waals surface area contributed by atoms with E-state index in [4.69, 9.17) is 16.3 Å². The minimum Gasteiger partial charge on any atom is -0.494 e. The highest BCUT2D eigenvalue weighted by Gasteiger charge is 2.17. The van der Waals surface area contributed by atoms with Gasteiger partial charge >= 0.3 is 5.69 Å². The first-order valence-corrected chi connectivity index (χ1v) is 10.3. The number of hydrogen-bond donors (Lipinski definition) is 2. The summed E-state index contributed by atoms with van der Waals surface area (Å²) >= 11 is 5.99. The van der Waals surface area contributed by atoms with Crippen molar-refractivity contribution in [2.45, 2.75) is 13.5 Å². The predicted molar refractivity (Wildman–Crippen MR) is 125 cm³/mol. The zero-order valence-corrected chi connectivity index (χ0v) is 18.3. The lowest BCUT2D eigenvalue weighted by molar-refractivity contribution is 0.340. The number of imidazole rings is 1. The summed E-state index contributed by atoms with van der Waals surface area (Å²) in [7, 11) is 1.55. The maximum atomic E-state index is 12.6. The Labute approximate surface area is 187 Å². The van der Waals surface area contributed by atoms with Gasteiger partial charge in [0.1, 0.15) is 5.75 Å². The van der Waals surface area contributed by atoms with Crippen molar-refractivity contribution in [3.63, 3.8) is 0 Å². The number of aromatic nitrogens is 4. The highest BCUT2D eigenvalue weighted by atomic mass is 35.5. The average molecular weight is 453 g/mol. The molecule has 0 aliphatic rings. The van der Waals surface area contributed by atoms with Crippen molar-refractivity contribution in [2.24, 2.45) is 12.1 Å². The first kappa shape index (κ1) is 21.4. The molecular weight excluding hydrogens is 432 g/mol. The van der Waals surface area contributed by atoms with Crippen molar-refractivity contribution < 1.29 is 4.74 Å². The van der Waals surface area contributed by atoms with E-state index in [1.807, 2.05) is 43.3 Å². The number of hydrazone groups is 1. The fourth-order valence-corrected chi connectivity index (χ4v) is 3.35. The molecule has 0 radical (unpaired) electrons. The van der Waals surface area contributed by atoms with Crippen molar-refractivity contribution in [3.05, 3.63) is 85.5 Å². The first-order chi connectivity index (χ1) is 15.5. The van der Waals surface area contributed by atoms with Gasteiger partial charge in [0, 0.05) is 12.1 Å². The molecule has 4 aromatic rings. The Hall–Kier alpha value is -3.85. The number of benzene rings is 2. The van der Waals surface area contributed by atoms with Gasteiger partial charge < -0.3 is 4.74 Å². The van der Waals surface area contributed by atoms with Crippen LogP contribution in [0, 0.1) is 0 Å². The van der Waals surface area contributed by atoms with Crippen molar-refractivity contribution in [3.8, 4) is 5.75 Å². The molecule has 0 atom stereocenters. The summed E-state index contributed by atoms with van der Waals surface area (Å²) in [5, 5.41) is 4.87. The normalized spacial score (nSPS) is 11.3. The van der Waals surface area contributed by atoms with E-state index in [-0.39, 0.29) is 11.2 Å². The molecule has 2 aromatic carbocycles. The number of ether oxygens (including phenoxy) is 1. The van der Waals surface area contributed by atoms with Crippen LogP contribution in [-0.4, -0.2) is 31.9 Å². The molecule has 10 heteroatoms. The van der Waals surface area contributed by atoms with Crippen LogP contribution in [0.15, 0.2) is 63.2 Å². The Balaban J connectivity index is 1.70. The van der Waals surface area contributed by atoms with Crippen LogP contribution in [0.5, 0.6) is 5.75 Å². The van der Waals surface area contributed by atoms with E-state index < -0.39 is 11.2 Å². The van der Waals surface area contributed by atoms with Crippen LogP contribution in [0.3, 0.4) is 0 Å². The summed E-state index contributed by atoms with van der Waals surface area (Å²) in [6.07, 6.45) is 1.63. The number of hydrogen-bond acceptors (Lipinski definition) is 6. The maximum Gasteiger partial charge on any atom is 0.329 e. The number of aryl methyl sites for hydroxylation is 1. The topological polar surface area (TPSA) is 106 Å². The first-order valence-electron chi connectivity index (χ1n) is 9.92. The number of fused-ring (bicyclic) bond motifs is 1. The van der Waals surface area contributed by atoms with E-state index in [0.29, 0.717) is 24.1 Å². The van der Waals surface area contributed by atoms with E-state index in [1.165, 1.54) is 4.57 Å². The molecular formula is C22H21ClN6O3. The van der Waals surface area contributed by atoms with Gasteiger partial charge in [-0.05, 0) is 54.4 Å². The molecule has 0 bridgehead atoms. The number of rotatable bonds is 7. The number of nitrogens with zero attached hydrogens (tertiary/aromatic N) is 4. The predicted octanol–water partition coefficient (Wildman–Crippen LogP) is 2.97. The smallest absolute Gasteiger partial charge is 0.329 e. The van der Waals surface area contributed by atoms with Gasteiger partial charge in [-0.2, -0.15) is 10.1 Å². The highest BCUT2D eigenvalue weighted by Crippen LogP contribution is 2.19. The van der Waals surface area contributed by atoms with E-state index in [0.717, 1.165) is 16.9 Å². The molecule has 164 valence electrons. The van der Waals surface area contributed by atoms with Gasteiger partial charge in [-0.15, -0.1) is 0 Å². The van der Waals surface area contributed by atoms with Crippen molar-refractivity contribution >= 4 is 34.9 Å². The molecule has 0 spiro atoms. The van der Waals surface area contributed by atoms with Gasteiger partial charge in [0.25, 0.3) is 5.56 Å². The lowest BCUT2D eigenvalue weighted by Gasteiger charge is -2.08. The molecule has 0 unspecified atom stereocenters. The van der Waals surface area contributed by atoms with Crippen LogP contribution >= 0.6 is 11.6 Å². The van der Waals surface area contributed by atoms with Gasteiger partial charge in [0.2, 0.25) is 5.95 Å². The van der Waals surface area contributed by atoms with Crippen LogP contribution in [0.4, 0.5) is 5.95 Å². The van der Waals surface area contributed by atoms with Gasteiger partial charge in [0.15, 0.2) is 11.2 Å². The number of aromatic amines is 1. The van der Waals surface area contributed by atoms with E-state index in [2.05, 4.69) is 20.5 Å². The van der Waals surface area contributed by atoms with Gasteiger partial charge in [-0.1, -0.05) is 23.7 Å². The fraction of sp³-hybridized carbons (Fsp3) is 0.182. The SMILES string of the molecule is CCOc1ccc(/C=N/Nc2nc3c(c(=O)[nH]c(=O)n3C)n2Cc2ccc(Cl)cc2)cc1. The summed E-state index contributed by atoms with van der Waals surface area (Å²) in [6, 6.07) is 14.7. The third-order valence-electron chi connectivity index (χ3n) is 4.83. The van der Waals surface area contributed by atoms with Crippen molar-refractivity contribution in [1.29, 1.82) is 0 Å². The molecule has 0 saturated heterocycles. The molecule has 0 aliphatic carbocycles.